The topological polar surface area (TPSA) is 105 Å². The third kappa shape index (κ3) is 9.95. The average Bonchev–Trinajstić information content (AvgIpc) is 2.91. The van der Waals surface area contributed by atoms with E-state index in [4.69, 9.17) is 20.9 Å². The first-order chi connectivity index (χ1) is 17.9. The lowest BCUT2D eigenvalue weighted by Gasteiger charge is -2.28. The number of hydrogen-bond donors (Lipinski definition) is 2. The van der Waals surface area contributed by atoms with Crippen LogP contribution in [-0.4, -0.2) is 18.0 Å². The van der Waals surface area contributed by atoms with Crippen molar-refractivity contribution in [1.82, 2.24) is 0 Å². The van der Waals surface area contributed by atoms with E-state index in [1.807, 2.05) is 0 Å². The van der Waals surface area contributed by atoms with Crippen LogP contribution in [0.3, 0.4) is 0 Å². The lowest BCUT2D eigenvalue weighted by molar-refractivity contribution is -0.138. The number of nitrogens with two attached hydrogens (primary N) is 2. The largest absolute Gasteiger partial charge is 0.459 e. The molecule has 0 atom stereocenters. The number of anilines is 2. The maximum atomic E-state index is 12.6. The van der Waals surface area contributed by atoms with Crippen molar-refractivity contribution in [3.63, 3.8) is 0 Å². The van der Waals surface area contributed by atoms with Crippen molar-refractivity contribution in [2.24, 2.45) is 5.92 Å². The minimum Gasteiger partial charge on any atom is -0.459 e. The Morgan fingerprint density at radius 3 is 2.35 bits per heavy atom. The Hall–Kier alpha value is -3.28. The summed E-state index contributed by atoms with van der Waals surface area (Å²) in [6.07, 6.45) is 16.6. The monoisotopic (exact) mass is 506 g/mol. The molecular weight excluding hydrogens is 464 g/mol. The van der Waals surface area contributed by atoms with Crippen LogP contribution >= 0.6 is 0 Å². The van der Waals surface area contributed by atoms with Gasteiger partial charge in [0.25, 0.3) is 0 Å². The van der Waals surface area contributed by atoms with E-state index in [-0.39, 0.29) is 18.7 Å². The summed E-state index contributed by atoms with van der Waals surface area (Å²) in [5.41, 5.74) is 14.7. The van der Waals surface area contributed by atoms with E-state index in [2.05, 4.69) is 6.92 Å². The Balaban J connectivity index is 1.36. The SMILES string of the molecule is CCCCCCCCC1CCC(OC(=O)c2ccc(/C=C/C(=O)OCc3cc(N)ccc3N)cc2)CC1. The molecule has 0 aromatic heterocycles. The summed E-state index contributed by atoms with van der Waals surface area (Å²) in [7, 11) is 0. The molecule has 200 valence electrons. The summed E-state index contributed by atoms with van der Waals surface area (Å²) >= 11 is 0. The lowest BCUT2D eigenvalue weighted by Crippen LogP contribution is -2.24. The van der Waals surface area contributed by atoms with Crippen molar-refractivity contribution in [3.05, 3.63) is 65.2 Å². The van der Waals surface area contributed by atoms with E-state index in [9.17, 15) is 9.59 Å². The fourth-order valence-electron chi connectivity index (χ4n) is 4.81. The molecule has 37 heavy (non-hydrogen) atoms. The molecule has 1 fully saturated rings. The van der Waals surface area contributed by atoms with Gasteiger partial charge in [-0.05, 0) is 73.6 Å². The van der Waals surface area contributed by atoms with Gasteiger partial charge in [0.2, 0.25) is 0 Å². The molecule has 3 rings (SSSR count). The maximum Gasteiger partial charge on any atom is 0.338 e. The minimum atomic E-state index is -0.489. The van der Waals surface area contributed by atoms with Gasteiger partial charge < -0.3 is 20.9 Å². The molecule has 0 heterocycles. The van der Waals surface area contributed by atoms with E-state index in [1.54, 1.807) is 48.5 Å². The Kier molecular flexibility index (Phi) is 11.5. The number of nitrogen functional groups attached to an aromatic ring is 2. The van der Waals surface area contributed by atoms with E-state index in [0.717, 1.165) is 37.2 Å². The highest BCUT2D eigenvalue weighted by Crippen LogP contribution is 2.30. The van der Waals surface area contributed by atoms with Gasteiger partial charge in [0.1, 0.15) is 12.7 Å². The first-order valence-electron chi connectivity index (χ1n) is 13.7. The molecule has 1 aliphatic rings. The third-order valence-corrected chi connectivity index (χ3v) is 7.13. The van der Waals surface area contributed by atoms with E-state index >= 15 is 0 Å². The Bertz CT molecular complexity index is 1020. The number of benzene rings is 2. The molecular formula is C31H42N2O4. The second kappa shape index (κ2) is 15.1. The molecule has 0 bridgehead atoms. The second-order valence-electron chi connectivity index (χ2n) is 10.1. The molecule has 0 amide bonds. The highest BCUT2D eigenvalue weighted by Gasteiger charge is 2.24. The van der Waals surface area contributed by atoms with Crippen LogP contribution in [0.25, 0.3) is 6.08 Å². The quantitative estimate of drug-likeness (QED) is 0.130. The summed E-state index contributed by atoms with van der Waals surface area (Å²) in [5.74, 6) is 0.00788. The van der Waals surface area contributed by atoms with Crippen LogP contribution < -0.4 is 11.5 Å². The van der Waals surface area contributed by atoms with Crippen LogP contribution in [0.1, 0.15) is 99.0 Å². The molecule has 0 radical (unpaired) electrons. The first-order valence-corrected chi connectivity index (χ1v) is 13.7. The van der Waals surface area contributed by atoms with Crippen molar-refractivity contribution in [1.29, 1.82) is 0 Å². The zero-order valence-corrected chi connectivity index (χ0v) is 22.1. The minimum absolute atomic E-state index is 0.0108. The molecule has 0 unspecified atom stereocenters. The standard InChI is InChI=1S/C31H42N2O4/c1-2-3-4-5-6-7-8-23-11-17-28(18-12-23)37-31(35)25-14-9-24(10-15-25)13-20-30(34)36-22-26-21-27(32)16-19-29(26)33/h9-10,13-16,19-21,23,28H,2-8,11-12,17-18,22,32-33H2,1H3/b20-13+. The zero-order valence-electron chi connectivity index (χ0n) is 22.1. The van der Waals surface area contributed by atoms with Gasteiger partial charge in [-0.25, -0.2) is 9.59 Å². The van der Waals surface area contributed by atoms with Crippen LogP contribution in [0.4, 0.5) is 11.4 Å². The summed E-state index contributed by atoms with van der Waals surface area (Å²) in [6, 6.07) is 12.1. The average molecular weight is 507 g/mol. The molecule has 0 spiro atoms. The van der Waals surface area contributed by atoms with Gasteiger partial charge in [-0.1, -0.05) is 64.0 Å². The smallest absolute Gasteiger partial charge is 0.338 e. The predicted octanol–water partition coefficient (Wildman–Crippen LogP) is 7.07. The van der Waals surface area contributed by atoms with Crippen LogP contribution in [-0.2, 0) is 20.9 Å². The zero-order chi connectivity index (χ0) is 26.5. The molecule has 4 N–H and O–H groups in total. The Labute approximate surface area is 221 Å². The number of rotatable bonds is 13. The van der Waals surface area contributed by atoms with Crippen molar-refractivity contribution in [2.75, 3.05) is 11.5 Å². The van der Waals surface area contributed by atoms with Gasteiger partial charge in [-0.2, -0.15) is 0 Å². The van der Waals surface area contributed by atoms with Gasteiger partial charge in [-0.3, -0.25) is 0 Å². The highest BCUT2D eigenvalue weighted by atomic mass is 16.5. The molecule has 1 aliphatic carbocycles. The van der Waals surface area contributed by atoms with Gasteiger partial charge in [0.05, 0.1) is 5.56 Å². The summed E-state index contributed by atoms with van der Waals surface area (Å²) < 4.78 is 11.0. The number of carbonyl (C=O) groups excluding carboxylic acids is 2. The highest BCUT2D eigenvalue weighted by molar-refractivity contribution is 5.90. The van der Waals surface area contributed by atoms with E-state index in [0.29, 0.717) is 22.5 Å². The number of ether oxygens (including phenoxy) is 2. The van der Waals surface area contributed by atoms with Crippen LogP contribution in [0.15, 0.2) is 48.5 Å². The normalized spacial score (nSPS) is 17.5. The molecule has 1 saturated carbocycles. The predicted molar refractivity (Wildman–Crippen MR) is 150 cm³/mol. The van der Waals surface area contributed by atoms with Crippen LogP contribution in [0.5, 0.6) is 0 Å². The Morgan fingerprint density at radius 1 is 0.919 bits per heavy atom. The van der Waals surface area contributed by atoms with E-state index in [1.165, 1.54) is 51.0 Å². The molecule has 6 heteroatoms. The maximum absolute atomic E-state index is 12.6. The summed E-state index contributed by atoms with van der Waals surface area (Å²) in [5, 5.41) is 0. The number of hydrogen-bond acceptors (Lipinski definition) is 6. The summed E-state index contributed by atoms with van der Waals surface area (Å²) in [4.78, 5) is 24.7. The Morgan fingerprint density at radius 2 is 1.62 bits per heavy atom. The fraction of sp³-hybridized carbons (Fsp3) is 0.484. The molecule has 0 saturated heterocycles. The van der Waals surface area contributed by atoms with Gasteiger partial charge in [-0.15, -0.1) is 0 Å². The number of unbranched alkanes of at least 4 members (excludes halogenated alkanes) is 5. The van der Waals surface area contributed by atoms with Crippen molar-refractivity contribution >= 4 is 29.4 Å². The van der Waals surface area contributed by atoms with Gasteiger partial charge >= 0.3 is 11.9 Å². The van der Waals surface area contributed by atoms with Crippen molar-refractivity contribution in [3.8, 4) is 0 Å². The van der Waals surface area contributed by atoms with Crippen molar-refractivity contribution in [2.45, 2.75) is 90.3 Å². The number of carbonyl (C=O) groups is 2. The fourth-order valence-corrected chi connectivity index (χ4v) is 4.81. The van der Waals surface area contributed by atoms with Gasteiger partial charge in [0.15, 0.2) is 0 Å². The third-order valence-electron chi connectivity index (χ3n) is 7.13. The van der Waals surface area contributed by atoms with Crippen LogP contribution in [0, 0.1) is 5.92 Å². The molecule has 2 aromatic rings. The molecule has 2 aromatic carbocycles. The van der Waals surface area contributed by atoms with Gasteiger partial charge in [0, 0.05) is 23.0 Å². The first kappa shape index (κ1) is 28.3. The molecule has 6 nitrogen and oxygen atoms in total. The number of esters is 2. The lowest BCUT2D eigenvalue weighted by atomic mass is 9.84. The van der Waals surface area contributed by atoms with E-state index < -0.39 is 5.97 Å². The molecule has 0 aliphatic heterocycles. The van der Waals surface area contributed by atoms with Crippen LogP contribution in [0.2, 0.25) is 0 Å². The second-order valence-corrected chi connectivity index (χ2v) is 10.1. The summed E-state index contributed by atoms with van der Waals surface area (Å²) in [6.45, 7) is 2.30. The van der Waals surface area contributed by atoms with Crippen molar-refractivity contribution < 1.29 is 19.1 Å².